The normalized spacial score (nSPS) is 11.2. The summed E-state index contributed by atoms with van der Waals surface area (Å²) in [5.41, 5.74) is 6.68. The number of hydrogen-bond donors (Lipinski definition) is 2. The maximum absolute atomic E-state index is 10.5. The summed E-state index contributed by atoms with van der Waals surface area (Å²) in [6, 6.07) is 1.89. The fraction of sp³-hybridized carbons (Fsp3) is 0.100. The summed E-state index contributed by atoms with van der Waals surface area (Å²) in [4.78, 5) is 14.7. The number of primary amides is 1. The molecule has 0 radical (unpaired) electrons. The molecule has 0 saturated carbocycles. The zero-order valence-corrected chi connectivity index (χ0v) is 7.97. The van der Waals surface area contributed by atoms with Crippen LogP contribution in [0.3, 0.4) is 0 Å². The molecule has 0 bridgehead atoms. The average molecular weight is 202 g/mol. The minimum atomic E-state index is -0.351. The number of aromatic nitrogens is 3. The summed E-state index contributed by atoms with van der Waals surface area (Å²) in [6.07, 6.45) is 7.10. The van der Waals surface area contributed by atoms with Gasteiger partial charge in [-0.05, 0) is 12.1 Å². The number of hydrogen-bond acceptors (Lipinski definition) is 3. The Hall–Kier alpha value is -2.17. The largest absolute Gasteiger partial charge is 0.369 e. The van der Waals surface area contributed by atoms with E-state index in [9.17, 15) is 4.79 Å². The Morgan fingerprint density at radius 3 is 3.20 bits per heavy atom. The van der Waals surface area contributed by atoms with E-state index in [2.05, 4.69) is 15.2 Å². The first-order valence-corrected chi connectivity index (χ1v) is 4.49. The lowest BCUT2D eigenvalue weighted by molar-refractivity contribution is -0.117. The Morgan fingerprint density at radius 1 is 1.53 bits per heavy atom. The standard InChI is InChI=1S/C10H10N4O/c11-10(15)3-1-2-8-4-7-5-13-14-9(7)6-12-8/h1-2,4-6H,3H2,(H2,11,15)(H,13,14). The van der Waals surface area contributed by atoms with Gasteiger partial charge in [-0.3, -0.25) is 14.9 Å². The highest BCUT2D eigenvalue weighted by Crippen LogP contribution is 2.11. The Labute approximate surface area is 86.0 Å². The van der Waals surface area contributed by atoms with Gasteiger partial charge in [0.25, 0.3) is 0 Å². The van der Waals surface area contributed by atoms with E-state index in [0.717, 1.165) is 16.6 Å². The van der Waals surface area contributed by atoms with E-state index in [1.807, 2.05) is 6.07 Å². The second-order valence-corrected chi connectivity index (χ2v) is 3.14. The predicted octanol–water partition coefficient (Wildman–Crippen LogP) is 0.846. The molecule has 2 aromatic rings. The second-order valence-electron chi connectivity index (χ2n) is 3.14. The van der Waals surface area contributed by atoms with Crippen LogP contribution in [-0.4, -0.2) is 21.1 Å². The first-order valence-electron chi connectivity index (χ1n) is 4.49. The third-order valence-corrected chi connectivity index (χ3v) is 1.95. The number of pyridine rings is 1. The number of H-pyrrole nitrogens is 1. The SMILES string of the molecule is NC(=O)CC=Cc1cc2cn[nH]c2cn1. The van der Waals surface area contributed by atoms with E-state index in [0.29, 0.717) is 0 Å². The average Bonchev–Trinajstić information content (AvgIpc) is 2.64. The van der Waals surface area contributed by atoms with Crippen LogP contribution < -0.4 is 5.73 Å². The van der Waals surface area contributed by atoms with Gasteiger partial charge >= 0.3 is 0 Å². The van der Waals surface area contributed by atoms with Gasteiger partial charge in [0.2, 0.25) is 5.91 Å². The van der Waals surface area contributed by atoms with E-state index >= 15 is 0 Å². The highest BCUT2D eigenvalue weighted by Gasteiger charge is 1.96. The van der Waals surface area contributed by atoms with Crippen LogP contribution in [0.25, 0.3) is 17.0 Å². The smallest absolute Gasteiger partial charge is 0.221 e. The molecule has 0 fully saturated rings. The summed E-state index contributed by atoms with van der Waals surface area (Å²) in [7, 11) is 0. The molecular formula is C10H10N4O. The highest BCUT2D eigenvalue weighted by molar-refractivity contribution is 5.79. The molecule has 1 amide bonds. The van der Waals surface area contributed by atoms with E-state index in [-0.39, 0.29) is 12.3 Å². The molecule has 0 spiro atoms. The number of aromatic amines is 1. The van der Waals surface area contributed by atoms with Gasteiger partial charge in [-0.2, -0.15) is 5.10 Å². The molecule has 0 aliphatic carbocycles. The summed E-state index contributed by atoms with van der Waals surface area (Å²) < 4.78 is 0. The fourth-order valence-electron chi connectivity index (χ4n) is 1.25. The number of nitrogens with two attached hydrogens (primary N) is 1. The van der Waals surface area contributed by atoms with Gasteiger partial charge in [-0.15, -0.1) is 0 Å². The van der Waals surface area contributed by atoms with Crippen molar-refractivity contribution in [2.75, 3.05) is 0 Å². The first kappa shape index (κ1) is 9.39. The molecule has 76 valence electrons. The third kappa shape index (κ3) is 2.19. The van der Waals surface area contributed by atoms with Crippen LogP contribution in [-0.2, 0) is 4.79 Å². The summed E-state index contributed by atoms with van der Waals surface area (Å²) in [5, 5.41) is 7.69. The second kappa shape index (κ2) is 3.91. The quantitative estimate of drug-likeness (QED) is 0.773. The number of nitrogens with one attached hydrogen (secondary N) is 1. The topological polar surface area (TPSA) is 84.7 Å². The molecule has 5 nitrogen and oxygen atoms in total. The zero-order valence-electron chi connectivity index (χ0n) is 7.97. The molecule has 2 aromatic heterocycles. The van der Waals surface area contributed by atoms with Crippen LogP contribution in [0.1, 0.15) is 12.1 Å². The lowest BCUT2D eigenvalue weighted by Gasteiger charge is -1.92. The van der Waals surface area contributed by atoms with E-state index < -0.39 is 0 Å². The van der Waals surface area contributed by atoms with Crippen molar-refractivity contribution in [1.29, 1.82) is 0 Å². The molecule has 0 aliphatic rings. The third-order valence-electron chi connectivity index (χ3n) is 1.95. The molecule has 0 aromatic carbocycles. The van der Waals surface area contributed by atoms with E-state index in [4.69, 9.17) is 5.73 Å². The van der Waals surface area contributed by atoms with Crippen molar-refractivity contribution in [2.45, 2.75) is 6.42 Å². The molecule has 3 N–H and O–H groups in total. The first-order chi connectivity index (χ1) is 7.25. The van der Waals surface area contributed by atoms with Crippen molar-refractivity contribution in [3.63, 3.8) is 0 Å². The highest BCUT2D eigenvalue weighted by atomic mass is 16.1. The number of carbonyl (C=O) groups excluding carboxylic acids is 1. The van der Waals surface area contributed by atoms with Gasteiger partial charge in [-0.25, -0.2) is 0 Å². The summed E-state index contributed by atoms with van der Waals surface area (Å²) >= 11 is 0. The van der Waals surface area contributed by atoms with Crippen LogP contribution in [0.2, 0.25) is 0 Å². The monoisotopic (exact) mass is 202 g/mol. The predicted molar refractivity (Wildman–Crippen MR) is 56.7 cm³/mol. The Balaban J connectivity index is 2.21. The molecule has 2 rings (SSSR count). The van der Waals surface area contributed by atoms with Crippen molar-refractivity contribution in [2.24, 2.45) is 5.73 Å². The molecule has 0 aliphatic heterocycles. The molecule has 0 saturated heterocycles. The number of nitrogens with zero attached hydrogens (tertiary/aromatic N) is 2. The molecule has 0 atom stereocenters. The fourth-order valence-corrected chi connectivity index (χ4v) is 1.25. The number of carbonyl (C=O) groups is 1. The maximum Gasteiger partial charge on any atom is 0.221 e. The lowest BCUT2D eigenvalue weighted by atomic mass is 10.2. The van der Waals surface area contributed by atoms with Crippen molar-refractivity contribution in [3.8, 4) is 0 Å². The van der Waals surface area contributed by atoms with Crippen LogP contribution in [0.5, 0.6) is 0 Å². The van der Waals surface area contributed by atoms with Gasteiger partial charge in [0, 0.05) is 11.8 Å². The van der Waals surface area contributed by atoms with Crippen molar-refractivity contribution >= 4 is 22.9 Å². The maximum atomic E-state index is 10.5. The van der Waals surface area contributed by atoms with Gasteiger partial charge in [-0.1, -0.05) is 6.08 Å². The van der Waals surface area contributed by atoms with E-state index in [1.165, 1.54) is 0 Å². The van der Waals surface area contributed by atoms with Crippen molar-refractivity contribution in [1.82, 2.24) is 15.2 Å². The van der Waals surface area contributed by atoms with E-state index in [1.54, 1.807) is 24.5 Å². The molecule has 5 heteroatoms. The number of fused-ring (bicyclic) bond motifs is 1. The molecular weight excluding hydrogens is 192 g/mol. The van der Waals surface area contributed by atoms with Gasteiger partial charge < -0.3 is 5.73 Å². The Bertz CT molecular complexity index is 515. The summed E-state index contributed by atoms with van der Waals surface area (Å²) in [5.74, 6) is -0.351. The molecule has 15 heavy (non-hydrogen) atoms. The minimum Gasteiger partial charge on any atom is -0.369 e. The van der Waals surface area contributed by atoms with Gasteiger partial charge in [0.05, 0.1) is 23.6 Å². The minimum absolute atomic E-state index is 0.227. The van der Waals surface area contributed by atoms with Crippen molar-refractivity contribution < 1.29 is 4.79 Å². The molecule has 2 heterocycles. The molecule has 0 unspecified atom stereocenters. The van der Waals surface area contributed by atoms with Crippen LogP contribution in [0, 0.1) is 0 Å². The van der Waals surface area contributed by atoms with Gasteiger partial charge in [0.1, 0.15) is 0 Å². The van der Waals surface area contributed by atoms with Crippen molar-refractivity contribution in [3.05, 3.63) is 30.2 Å². The van der Waals surface area contributed by atoms with Crippen LogP contribution in [0.4, 0.5) is 0 Å². The Kier molecular flexibility index (Phi) is 2.45. The number of amides is 1. The lowest BCUT2D eigenvalue weighted by Crippen LogP contribution is -2.07. The zero-order chi connectivity index (χ0) is 10.7. The van der Waals surface area contributed by atoms with Crippen LogP contribution in [0.15, 0.2) is 24.5 Å². The Morgan fingerprint density at radius 2 is 2.40 bits per heavy atom. The van der Waals surface area contributed by atoms with Crippen LogP contribution >= 0.6 is 0 Å². The van der Waals surface area contributed by atoms with Gasteiger partial charge in [0.15, 0.2) is 0 Å². The summed E-state index contributed by atoms with van der Waals surface area (Å²) in [6.45, 7) is 0. The number of rotatable bonds is 3.